The number of nitrogens with zero attached hydrogens (tertiary/aromatic N) is 3. The van der Waals surface area contributed by atoms with E-state index in [-0.39, 0.29) is 19.0 Å². The highest BCUT2D eigenvalue weighted by Gasteiger charge is 2.12. The molecule has 0 aliphatic rings. The van der Waals surface area contributed by atoms with E-state index in [4.69, 9.17) is 5.26 Å². The molecule has 5 heteroatoms. The molecule has 0 bridgehead atoms. The van der Waals surface area contributed by atoms with E-state index < -0.39 is 0 Å². The van der Waals surface area contributed by atoms with Gasteiger partial charge in [0.2, 0.25) is 5.91 Å². The van der Waals surface area contributed by atoms with E-state index in [1.165, 1.54) is 11.1 Å². The standard InChI is InChI=1S/C21H26N4O/c1-24(16-19-8-4-2-5-9-19)14-15-25(18-21(26)23-13-12-22)17-20-10-6-3-7-11-20/h2-11H,13-18H2,1H3,(H,23,26). The van der Waals surface area contributed by atoms with Crippen LogP contribution in [0.5, 0.6) is 0 Å². The van der Waals surface area contributed by atoms with Gasteiger partial charge < -0.3 is 10.2 Å². The van der Waals surface area contributed by atoms with Crippen LogP contribution >= 0.6 is 0 Å². The first-order valence-corrected chi connectivity index (χ1v) is 8.80. The monoisotopic (exact) mass is 350 g/mol. The molecule has 2 aromatic rings. The molecule has 5 nitrogen and oxygen atoms in total. The summed E-state index contributed by atoms with van der Waals surface area (Å²) in [4.78, 5) is 16.4. The number of rotatable bonds is 10. The van der Waals surface area contributed by atoms with Crippen LogP contribution in [-0.2, 0) is 17.9 Å². The SMILES string of the molecule is CN(CCN(CC(=O)NCC#N)Cc1ccccc1)Cc1ccccc1. The van der Waals surface area contributed by atoms with Crippen molar-refractivity contribution >= 4 is 5.91 Å². The summed E-state index contributed by atoms with van der Waals surface area (Å²) in [6, 6.07) is 22.4. The molecule has 0 aliphatic heterocycles. The predicted molar refractivity (Wildman–Crippen MR) is 103 cm³/mol. The molecule has 1 N–H and O–H groups in total. The van der Waals surface area contributed by atoms with E-state index in [1.54, 1.807) is 0 Å². The normalized spacial score (nSPS) is 10.7. The van der Waals surface area contributed by atoms with Gasteiger partial charge in [-0.05, 0) is 18.2 Å². The minimum atomic E-state index is -0.117. The topological polar surface area (TPSA) is 59.4 Å². The van der Waals surface area contributed by atoms with Crippen LogP contribution in [0.25, 0.3) is 0 Å². The van der Waals surface area contributed by atoms with Crippen LogP contribution in [0, 0.1) is 11.3 Å². The minimum absolute atomic E-state index is 0.0475. The molecular weight excluding hydrogens is 324 g/mol. The number of benzene rings is 2. The Morgan fingerprint density at radius 3 is 2.12 bits per heavy atom. The second-order valence-corrected chi connectivity index (χ2v) is 6.35. The third-order valence-corrected chi connectivity index (χ3v) is 4.07. The number of hydrogen-bond donors (Lipinski definition) is 1. The number of likely N-dealkylation sites (N-methyl/N-ethyl adjacent to an activating group) is 1. The van der Waals surface area contributed by atoms with Crippen LogP contribution in [0.4, 0.5) is 0 Å². The smallest absolute Gasteiger partial charge is 0.235 e. The molecule has 0 saturated carbocycles. The summed E-state index contributed by atoms with van der Waals surface area (Å²) in [7, 11) is 2.09. The van der Waals surface area contributed by atoms with Gasteiger partial charge in [0.25, 0.3) is 0 Å². The average molecular weight is 350 g/mol. The zero-order valence-electron chi connectivity index (χ0n) is 15.3. The number of carbonyl (C=O) groups excluding carboxylic acids is 1. The van der Waals surface area contributed by atoms with Crippen LogP contribution in [-0.4, -0.2) is 48.9 Å². The maximum atomic E-state index is 12.0. The van der Waals surface area contributed by atoms with E-state index in [9.17, 15) is 4.79 Å². The zero-order valence-corrected chi connectivity index (χ0v) is 15.3. The molecule has 1 amide bonds. The fourth-order valence-electron chi connectivity index (χ4n) is 2.74. The van der Waals surface area contributed by atoms with Crippen LogP contribution in [0.2, 0.25) is 0 Å². The summed E-state index contributed by atoms with van der Waals surface area (Å²) >= 11 is 0. The highest BCUT2D eigenvalue weighted by Crippen LogP contribution is 2.06. The molecule has 0 fully saturated rings. The van der Waals surface area contributed by atoms with Crippen molar-refractivity contribution in [3.8, 4) is 6.07 Å². The average Bonchev–Trinajstić information content (AvgIpc) is 2.66. The molecule has 0 radical (unpaired) electrons. The number of nitrogens with one attached hydrogen (secondary N) is 1. The van der Waals surface area contributed by atoms with Crippen LogP contribution < -0.4 is 5.32 Å². The maximum absolute atomic E-state index is 12.0. The van der Waals surface area contributed by atoms with Crippen molar-refractivity contribution in [1.29, 1.82) is 5.26 Å². The van der Waals surface area contributed by atoms with Crippen molar-refractivity contribution in [1.82, 2.24) is 15.1 Å². The molecular formula is C21H26N4O. The lowest BCUT2D eigenvalue weighted by molar-refractivity contribution is -0.122. The maximum Gasteiger partial charge on any atom is 0.235 e. The molecule has 26 heavy (non-hydrogen) atoms. The number of carbonyl (C=O) groups is 1. The third kappa shape index (κ3) is 7.47. The molecule has 0 saturated heterocycles. The Morgan fingerprint density at radius 1 is 0.962 bits per heavy atom. The first-order chi connectivity index (χ1) is 12.7. The summed E-state index contributed by atoms with van der Waals surface area (Å²) < 4.78 is 0. The molecule has 0 spiro atoms. The Labute approximate surface area is 155 Å². The Bertz CT molecular complexity index is 697. The van der Waals surface area contributed by atoms with E-state index >= 15 is 0 Å². The van der Waals surface area contributed by atoms with Gasteiger partial charge in [0.05, 0.1) is 12.6 Å². The first kappa shape index (κ1) is 19.6. The van der Waals surface area contributed by atoms with Gasteiger partial charge in [-0.15, -0.1) is 0 Å². The van der Waals surface area contributed by atoms with Crippen LogP contribution in [0.15, 0.2) is 60.7 Å². The van der Waals surface area contributed by atoms with Crippen molar-refractivity contribution in [2.75, 3.05) is 33.2 Å². The summed E-state index contributed by atoms with van der Waals surface area (Å²) in [5, 5.41) is 11.2. The molecule has 0 atom stereocenters. The Morgan fingerprint density at radius 2 is 1.54 bits per heavy atom. The molecule has 0 aliphatic carbocycles. The lowest BCUT2D eigenvalue weighted by atomic mass is 10.2. The molecule has 0 aromatic heterocycles. The summed E-state index contributed by atoms with van der Waals surface area (Å²) in [6.45, 7) is 3.55. The lowest BCUT2D eigenvalue weighted by Gasteiger charge is -2.25. The van der Waals surface area contributed by atoms with Gasteiger partial charge in [0.1, 0.15) is 6.54 Å². The van der Waals surface area contributed by atoms with E-state index in [1.807, 2.05) is 42.5 Å². The number of nitriles is 1. The zero-order chi connectivity index (χ0) is 18.6. The van der Waals surface area contributed by atoms with Crippen LogP contribution in [0.3, 0.4) is 0 Å². The van der Waals surface area contributed by atoms with Crippen molar-refractivity contribution in [3.05, 3.63) is 71.8 Å². The largest absolute Gasteiger partial charge is 0.342 e. The highest BCUT2D eigenvalue weighted by atomic mass is 16.2. The van der Waals surface area contributed by atoms with Gasteiger partial charge in [-0.25, -0.2) is 0 Å². The molecule has 2 aromatic carbocycles. The van der Waals surface area contributed by atoms with Crippen molar-refractivity contribution in [3.63, 3.8) is 0 Å². The third-order valence-electron chi connectivity index (χ3n) is 4.07. The first-order valence-electron chi connectivity index (χ1n) is 8.80. The van der Waals surface area contributed by atoms with E-state index in [0.717, 1.165) is 19.6 Å². The van der Waals surface area contributed by atoms with E-state index in [0.29, 0.717) is 6.54 Å². The van der Waals surface area contributed by atoms with Gasteiger partial charge in [0, 0.05) is 26.2 Å². The molecule has 136 valence electrons. The quantitative estimate of drug-likeness (QED) is 0.668. The van der Waals surface area contributed by atoms with Gasteiger partial charge in [-0.1, -0.05) is 60.7 Å². The minimum Gasteiger partial charge on any atom is -0.342 e. The number of amides is 1. The second kappa shape index (κ2) is 11.0. The molecule has 0 heterocycles. The van der Waals surface area contributed by atoms with Crippen molar-refractivity contribution < 1.29 is 4.79 Å². The fraction of sp³-hybridized carbons (Fsp3) is 0.333. The van der Waals surface area contributed by atoms with Crippen molar-refractivity contribution in [2.24, 2.45) is 0 Å². The summed E-state index contributed by atoms with van der Waals surface area (Å²) in [6.07, 6.45) is 0. The Hall–Kier alpha value is -2.68. The summed E-state index contributed by atoms with van der Waals surface area (Å²) in [5.74, 6) is -0.117. The second-order valence-electron chi connectivity index (χ2n) is 6.35. The van der Waals surface area contributed by atoms with Gasteiger partial charge >= 0.3 is 0 Å². The van der Waals surface area contributed by atoms with E-state index in [2.05, 4.69) is 46.4 Å². The molecule has 2 rings (SSSR count). The highest BCUT2D eigenvalue weighted by molar-refractivity contribution is 5.78. The molecule has 0 unspecified atom stereocenters. The number of hydrogen-bond acceptors (Lipinski definition) is 4. The Kier molecular flexibility index (Phi) is 8.34. The van der Waals surface area contributed by atoms with Crippen molar-refractivity contribution in [2.45, 2.75) is 13.1 Å². The van der Waals surface area contributed by atoms with Gasteiger partial charge in [-0.3, -0.25) is 9.69 Å². The van der Waals surface area contributed by atoms with Crippen LogP contribution in [0.1, 0.15) is 11.1 Å². The van der Waals surface area contributed by atoms with Gasteiger partial charge in [-0.2, -0.15) is 5.26 Å². The summed E-state index contributed by atoms with van der Waals surface area (Å²) in [5.41, 5.74) is 2.45. The fourth-order valence-corrected chi connectivity index (χ4v) is 2.74. The predicted octanol–water partition coefficient (Wildman–Crippen LogP) is 2.26. The van der Waals surface area contributed by atoms with Gasteiger partial charge in [0.15, 0.2) is 0 Å². The lowest BCUT2D eigenvalue weighted by Crippen LogP contribution is -2.40. The Balaban J connectivity index is 1.89.